The third-order valence-electron chi connectivity index (χ3n) is 4.96. The fourth-order valence-corrected chi connectivity index (χ4v) is 3.44. The summed E-state index contributed by atoms with van der Waals surface area (Å²) in [4.78, 5) is 18.8. The van der Waals surface area contributed by atoms with Gasteiger partial charge < -0.3 is 4.90 Å². The number of hydrogen-bond donors (Lipinski definition) is 1. The second-order valence-electron chi connectivity index (χ2n) is 6.94. The van der Waals surface area contributed by atoms with Crippen LogP contribution in [0.4, 0.5) is 5.69 Å². The molecule has 7 heteroatoms. The van der Waals surface area contributed by atoms with Crippen LogP contribution in [0.3, 0.4) is 0 Å². The maximum atomic E-state index is 12.1. The molecule has 0 bridgehead atoms. The Balaban J connectivity index is 1.75. The lowest BCUT2D eigenvalue weighted by atomic mass is 10.1. The summed E-state index contributed by atoms with van der Waals surface area (Å²) in [7, 11) is 0. The minimum Gasteiger partial charge on any atom is -0.312 e. The smallest absolute Gasteiger partial charge is 0.227 e. The zero-order chi connectivity index (χ0) is 18.8. The zero-order valence-corrected chi connectivity index (χ0v) is 15.8. The molecule has 7 nitrogen and oxygen atoms in total. The molecule has 1 saturated heterocycles. The van der Waals surface area contributed by atoms with E-state index in [-0.39, 0.29) is 5.91 Å². The number of carbonyl (C=O) groups excluding carboxylic acids is 1. The molecule has 1 fully saturated rings. The van der Waals surface area contributed by atoms with E-state index >= 15 is 0 Å². The Morgan fingerprint density at radius 1 is 1.30 bits per heavy atom. The number of benzene rings is 1. The zero-order valence-electron chi connectivity index (χ0n) is 15.8. The van der Waals surface area contributed by atoms with Crippen LogP contribution in [0.2, 0.25) is 0 Å². The minimum atomic E-state index is 0.189. The molecule has 0 saturated carbocycles. The molecule has 4 rings (SSSR count). The first-order chi connectivity index (χ1) is 13.2. The molecule has 1 N–H and O–H groups in total. The standard InChI is InChI=1S/C20H24N6O/c1-3-4-11-26-20(22-19(24-26)17-13-21-23-14(17)2)15-7-5-8-16(12-15)25-10-6-9-18(25)27/h5,7-8,12-13H,3-4,6,9-11H2,1-2H3,(H,21,23). The van der Waals surface area contributed by atoms with Crippen molar-refractivity contribution in [3.05, 3.63) is 36.2 Å². The number of nitrogens with one attached hydrogen (secondary N) is 1. The van der Waals surface area contributed by atoms with Crippen LogP contribution in [-0.2, 0) is 11.3 Å². The molecule has 0 spiro atoms. The normalized spacial score (nSPS) is 14.3. The summed E-state index contributed by atoms with van der Waals surface area (Å²) in [6.07, 6.45) is 5.42. The van der Waals surface area contributed by atoms with E-state index in [4.69, 9.17) is 10.1 Å². The average molecular weight is 364 g/mol. The maximum Gasteiger partial charge on any atom is 0.227 e. The first kappa shape index (κ1) is 17.5. The summed E-state index contributed by atoms with van der Waals surface area (Å²) < 4.78 is 1.97. The van der Waals surface area contributed by atoms with Crippen LogP contribution >= 0.6 is 0 Å². The summed E-state index contributed by atoms with van der Waals surface area (Å²) in [6.45, 7) is 5.72. The number of aromatic nitrogens is 5. The summed E-state index contributed by atoms with van der Waals surface area (Å²) in [5, 5.41) is 11.8. The number of nitrogens with zero attached hydrogens (tertiary/aromatic N) is 5. The van der Waals surface area contributed by atoms with Crippen molar-refractivity contribution in [2.45, 2.75) is 46.1 Å². The molecule has 0 aliphatic carbocycles. The van der Waals surface area contributed by atoms with Crippen LogP contribution in [0.5, 0.6) is 0 Å². The predicted molar refractivity (Wildman–Crippen MR) is 104 cm³/mol. The molecule has 3 heterocycles. The van der Waals surface area contributed by atoms with Gasteiger partial charge in [-0.3, -0.25) is 9.89 Å². The van der Waals surface area contributed by atoms with E-state index in [0.717, 1.165) is 60.7 Å². The Morgan fingerprint density at radius 2 is 2.19 bits per heavy atom. The Morgan fingerprint density at radius 3 is 2.89 bits per heavy atom. The van der Waals surface area contributed by atoms with Gasteiger partial charge in [-0.1, -0.05) is 25.5 Å². The fourth-order valence-electron chi connectivity index (χ4n) is 3.44. The highest BCUT2D eigenvalue weighted by Gasteiger charge is 2.23. The molecular formula is C20H24N6O. The van der Waals surface area contributed by atoms with Gasteiger partial charge in [-0.15, -0.1) is 0 Å². The minimum absolute atomic E-state index is 0.189. The molecule has 1 aromatic carbocycles. The van der Waals surface area contributed by atoms with Crippen LogP contribution < -0.4 is 4.90 Å². The van der Waals surface area contributed by atoms with E-state index in [1.165, 1.54) is 0 Å². The number of carbonyl (C=O) groups is 1. The molecule has 1 amide bonds. The lowest BCUT2D eigenvalue weighted by Gasteiger charge is -2.16. The van der Waals surface area contributed by atoms with Gasteiger partial charge in [0.1, 0.15) is 0 Å². The third kappa shape index (κ3) is 3.37. The molecule has 0 atom stereocenters. The van der Waals surface area contributed by atoms with Crippen LogP contribution in [0.25, 0.3) is 22.8 Å². The number of unbranched alkanes of at least 4 members (excludes halogenated alkanes) is 1. The van der Waals surface area contributed by atoms with E-state index in [1.807, 2.05) is 40.8 Å². The highest BCUT2D eigenvalue weighted by molar-refractivity contribution is 5.95. The first-order valence-electron chi connectivity index (χ1n) is 9.53. The molecule has 140 valence electrons. The van der Waals surface area contributed by atoms with Gasteiger partial charge in [0.2, 0.25) is 5.91 Å². The summed E-state index contributed by atoms with van der Waals surface area (Å²) in [5.41, 5.74) is 3.77. The van der Waals surface area contributed by atoms with Crippen molar-refractivity contribution in [3.8, 4) is 22.8 Å². The lowest BCUT2D eigenvalue weighted by Crippen LogP contribution is -2.23. The molecule has 3 aromatic rings. The number of amides is 1. The Kier molecular flexibility index (Phi) is 4.75. The molecule has 1 aliphatic heterocycles. The summed E-state index contributed by atoms with van der Waals surface area (Å²) in [6, 6.07) is 8.04. The highest BCUT2D eigenvalue weighted by atomic mass is 16.2. The van der Waals surface area contributed by atoms with Crippen molar-refractivity contribution in [2.75, 3.05) is 11.4 Å². The average Bonchev–Trinajstić information content (AvgIpc) is 3.39. The Bertz CT molecular complexity index is 957. The van der Waals surface area contributed by atoms with Crippen molar-refractivity contribution in [1.29, 1.82) is 0 Å². The number of hydrogen-bond acceptors (Lipinski definition) is 4. The second kappa shape index (κ2) is 7.34. The fraction of sp³-hybridized carbons (Fsp3) is 0.400. The Labute approximate surface area is 158 Å². The van der Waals surface area contributed by atoms with E-state index in [2.05, 4.69) is 17.1 Å². The van der Waals surface area contributed by atoms with E-state index in [0.29, 0.717) is 12.2 Å². The largest absolute Gasteiger partial charge is 0.312 e. The maximum absolute atomic E-state index is 12.1. The van der Waals surface area contributed by atoms with Crippen LogP contribution in [0, 0.1) is 6.92 Å². The number of anilines is 1. The Hall–Kier alpha value is -2.96. The number of aryl methyl sites for hydroxylation is 2. The van der Waals surface area contributed by atoms with Gasteiger partial charge >= 0.3 is 0 Å². The van der Waals surface area contributed by atoms with E-state index in [1.54, 1.807) is 6.20 Å². The highest BCUT2D eigenvalue weighted by Crippen LogP contribution is 2.29. The second-order valence-corrected chi connectivity index (χ2v) is 6.94. The monoisotopic (exact) mass is 364 g/mol. The van der Waals surface area contributed by atoms with Gasteiger partial charge in [0, 0.05) is 36.5 Å². The predicted octanol–water partition coefficient (Wildman–Crippen LogP) is 3.57. The van der Waals surface area contributed by atoms with E-state index in [9.17, 15) is 4.79 Å². The van der Waals surface area contributed by atoms with Gasteiger partial charge in [-0.05, 0) is 31.9 Å². The van der Waals surface area contributed by atoms with Crippen molar-refractivity contribution in [3.63, 3.8) is 0 Å². The van der Waals surface area contributed by atoms with Crippen LogP contribution in [0.15, 0.2) is 30.5 Å². The first-order valence-corrected chi connectivity index (χ1v) is 9.53. The van der Waals surface area contributed by atoms with Gasteiger partial charge in [0.25, 0.3) is 0 Å². The molecule has 1 aliphatic rings. The lowest BCUT2D eigenvalue weighted by molar-refractivity contribution is -0.117. The molecule has 27 heavy (non-hydrogen) atoms. The third-order valence-corrected chi connectivity index (χ3v) is 4.96. The van der Waals surface area contributed by atoms with Crippen molar-refractivity contribution in [2.24, 2.45) is 0 Å². The number of H-pyrrole nitrogens is 1. The van der Waals surface area contributed by atoms with Crippen molar-refractivity contribution < 1.29 is 4.79 Å². The van der Waals surface area contributed by atoms with Crippen molar-refractivity contribution >= 4 is 11.6 Å². The van der Waals surface area contributed by atoms with Crippen molar-refractivity contribution in [1.82, 2.24) is 25.0 Å². The van der Waals surface area contributed by atoms with Gasteiger partial charge in [-0.25, -0.2) is 9.67 Å². The van der Waals surface area contributed by atoms with Gasteiger partial charge in [-0.2, -0.15) is 10.2 Å². The number of aromatic amines is 1. The van der Waals surface area contributed by atoms with E-state index < -0.39 is 0 Å². The number of rotatable bonds is 6. The molecule has 2 aromatic heterocycles. The van der Waals surface area contributed by atoms with Crippen LogP contribution in [0.1, 0.15) is 38.3 Å². The quantitative estimate of drug-likeness (QED) is 0.725. The van der Waals surface area contributed by atoms with Gasteiger partial charge in [0.05, 0.1) is 11.8 Å². The summed E-state index contributed by atoms with van der Waals surface area (Å²) >= 11 is 0. The van der Waals surface area contributed by atoms with Gasteiger partial charge in [0.15, 0.2) is 11.6 Å². The summed E-state index contributed by atoms with van der Waals surface area (Å²) in [5.74, 6) is 1.69. The SMILES string of the molecule is CCCCn1nc(-c2cn[nH]c2C)nc1-c1cccc(N2CCCC2=O)c1. The molecule has 0 unspecified atom stereocenters. The van der Waals surface area contributed by atoms with Crippen LogP contribution in [-0.4, -0.2) is 37.4 Å². The molecule has 0 radical (unpaired) electrons. The molecular weight excluding hydrogens is 340 g/mol. The topological polar surface area (TPSA) is 79.7 Å².